The highest BCUT2D eigenvalue weighted by atomic mass is 16.1. The van der Waals surface area contributed by atoms with Gasteiger partial charge in [0.1, 0.15) is 5.78 Å². The third-order valence-electron chi connectivity index (χ3n) is 3.73. The highest BCUT2D eigenvalue weighted by Gasteiger charge is 2.21. The van der Waals surface area contributed by atoms with Crippen LogP contribution in [-0.4, -0.2) is 30.3 Å². The van der Waals surface area contributed by atoms with Gasteiger partial charge in [-0.1, -0.05) is 30.3 Å². The second-order valence-electron chi connectivity index (χ2n) is 5.06. The van der Waals surface area contributed by atoms with Crippen LogP contribution in [-0.2, 0) is 11.3 Å². The van der Waals surface area contributed by atoms with Gasteiger partial charge < -0.3 is 5.73 Å². The summed E-state index contributed by atoms with van der Waals surface area (Å²) in [7, 11) is 0. The Morgan fingerprint density at radius 1 is 1.22 bits per heavy atom. The normalized spacial score (nSPS) is 21.5. The van der Waals surface area contributed by atoms with Crippen molar-refractivity contribution in [2.75, 3.05) is 19.6 Å². The number of hydrogen-bond donors (Lipinski definition) is 1. The second kappa shape index (κ2) is 6.66. The summed E-state index contributed by atoms with van der Waals surface area (Å²) in [6.07, 6.45) is 3.06. The fourth-order valence-corrected chi connectivity index (χ4v) is 2.64. The van der Waals surface area contributed by atoms with E-state index in [1.165, 1.54) is 5.56 Å². The molecule has 1 unspecified atom stereocenters. The van der Waals surface area contributed by atoms with Crippen LogP contribution in [0.15, 0.2) is 30.3 Å². The number of likely N-dealkylation sites (tertiary alicyclic amines) is 1. The Balaban J connectivity index is 1.87. The van der Waals surface area contributed by atoms with E-state index in [0.29, 0.717) is 0 Å². The molecular formula is C15H22N2O. The van der Waals surface area contributed by atoms with Gasteiger partial charge in [-0.05, 0) is 37.9 Å². The predicted molar refractivity (Wildman–Crippen MR) is 73.1 cm³/mol. The van der Waals surface area contributed by atoms with Gasteiger partial charge in [-0.3, -0.25) is 9.69 Å². The van der Waals surface area contributed by atoms with E-state index in [-0.39, 0.29) is 18.2 Å². The highest BCUT2D eigenvalue weighted by Crippen LogP contribution is 2.19. The summed E-state index contributed by atoms with van der Waals surface area (Å²) in [5.74, 6) is 0.423. The van der Waals surface area contributed by atoms with E-state index in [4.69, 9.17) is 5.73 Å². The van der Waals surface area contributed by atoms with Crippen LogP contribution in [0.1, 0.15) is 24.8 Å². The lowest BCUT2D eigenvalue weighted by Gasteiger charge is -2.20. The van der Waals surface area contributed by atoms with Crippen molar-refractivity contribution in [1.29, 1.82) is 0 Å². The van der Waals surface area contributed by atoms with Crippen LogP contribution < -0.4 is 5.73 Å². The number of carbonyl (C=O) groups is 1. The van der Waals surface area contributed by atoms with Gasteiger partial charge in [0, 0.05) is 12.5 Å². The fourth-order valence-electron chi connectivity index (χ4n) is 2.64. The average Bonchev–Trinajstić information content (AvgIpc) is 2.65. The number of rotatable bonds is 4. The predicted octanol–water partition coefficient (Wildman–Crippen LogP) is 1.82. The number of Topliss-reactive ketones (excluding diaryl/α,β-unsaturated/α-hetero) is 1. The zero-order valence-electron chi connectivity index (χ0n) is 10.8. The topological polar surface area (TPSA) is 46.3 Å². The SMILES string of the molecule is NCC(=O)C1CCCN(Cc2ccccc2)CC1. The van der Waals surface area contributed by atoms with E-state index < -0.39 is 0 Å². The molecule has 1 aromatic carbocycles. The quantitative estimate of drug-likeness (QED) is 0.881. The van der Waals surface area contributed by atoms with Crippen molar-refractivity contribution in [3.05, 3.63) is 35.9 Å². The first-order valence-electron chi connectivity index (χ1n) is 6.78. The van der Waals surface area contributed by atoms with E-state index in [9.17, 15) is 4.79 Å². The van der Waals surface area contributed by atoms with E-state index >= 15 is 0 Å². The average molecular weight is 246 g/mol. The molecule has 0 radical (unpaired) electrons. The minimum absolute atomic E-state index is 0.191. The lowest BCUT2D eigenvalue weighted by molar-refractivity contribution is -0.121. The van der Waals surface area contributed by atoms with Crippen molar-refractivity contribution in [3.63, 3.8) is 0 Å². The summed E-state index contributed by atoms with van der Waals surface area (Å²) >= 11 is 0. The Morgan fingerprint density at radius 3 is 2.72 bits per heavy atom. The molecule has 3 nitrogen and oxygen atoms in total. The first kappa shape index (κ1) is 13.2. The number of benzene rings is 1. The minimum atomic E-state index is 0.191. The van der Waals surface area contributed by atoms with Gasteiger partial charge >= 0.3 is 0 Å². The largest absolute Gasteiger partial charge is 0.324 e. The molecule has 0 aliphatic carbocycles. The summed E-state index contributed by atoms with van der Waals surface area (Å²) in [6.45, 7) is 3.28. The van der Waals surface area contributed by atoms with Crippen LogP contribution in [0.4, 0.5) is 0 Å². The van der Waals surface area contributed by atoms with Gasteiger partial charge in [0.05, 0.1) is 6.54 Å². The summed E-state index contributed by atoms with van der Waals surface area (Å²) in [4.78, 5) is 14.1. The Hall–Kier alpha value is -1.19. The van der Waals surface area contributed by atoms with Crippen molar-refractivity contribution < 1.29 is 4.79 Å². The summed E-state index contributed by atoms with van der Waals surface area (Å²) in [5, 5.41) is 0. The van der Waals surface area contributed by atoms with Crippen LogP contribution in [0.3, 0.4) is 0 Å². The first-order chi connectivity index (χ1) is 8.79. The molecule has 1 atom stereocenters. The smallest absolute Gasteiger partial charge is 0.149 e. The number of nitrogens with two attached hydrogens (primary N) is 1. The maximum Gasteiger partial charge on any atom is 0.149 e. The van der Waals surface area contributed by atoms with Crippen LogP contribution in [0.2, 0.25) is 0 Å². The van der Waals surface area contributed by atoms with Gasteiger partial charge in [-0.25, -0.2) is 0 Å². The highest BCUT2D eigenvalue weighted by molar-refractivity contribution is 5.82. The Kier molecular flexibility index (Phi) is 4.90. The first-order valence-corrected chi connectivity index (χ1v) is 6.78. The Labute approximate surface area is 109 Å². The van der Waals surface area contributed by atoms with E-state index in [1.54, 1.807) is 0 Å². The molecule has 1 heterocycles. The van der Waals surface area contributed by atoms with Gasteiger partial charge in [0.15, 0.2) is 0 Å². The van der Waals surface area contributed by atoms with Crippen LogP contribution >= 0.6 is 0 Å². The third kappa shape index (κ3) is 3.65. The molecule has 1 aliphatic rings. The van der Waals surface area contributed by atoms with Crippen molar-refractivity contribution in [1.82, 2.24) is 4.90 Å². The summed E-state index contributed by atoms with van der Waals surface area (Å²) in [6, 6.07) is 10.5. The van der Waals surface area contributed by atoms with Gasteiger partial charge in [-0.2, -0.15) is 0 Å². The molecule has 3 heteroatoms. The van der Waals surface area contributed by atoms with Gasteiger partial charge in [0.2, 0.25) is 0 Å². The number of ketones is 1. The van der Waals surface area contributed by atoms with Crippen LogP contribution in [0.25, 0.3) is 0 Å². The Morgan fingerprint density at radius 2 is 2.00 bits per heavy atom. The molecule has 18 heavy (non-hydrogen) atoms. The standard InChI is InChI=1S/C15H22N2O/c16-11-15(18)14-7-4-9-17(10-8-14)12-13-5-2-1-3-6-13/h1-3,5-6,14H,4,7-12,16H2. The van der Waals surface area contributed by atoms with Crippen LogP contribution in [0.5, 0.6) is 0 Å². The lowest BCUT2D eigenvalue weighted by atomic mass is 9.96. The molecule has 1 aromatic rings. The van der Waals surface area contributed by atoms with Crippen molar-refractivity contribution in [3.8, 4) is 0 Å². The molecule has 1 saturated heterocycles. The van der Waals surface area contributed by atoms with Gasteiger partial charge in [-0.15, -0.1) is 0 Å². The zero-order chi connectivity index (χ0) is 12.8. The molecule has 0 aromatic heterocycles. The maximum absolute atomic E-state index is 11.6. The molecule has 0 saturated carbocycles. The summed E-state index contributed by atoms with van der Waals surface area (Å²) < 4.78 is 0. The fraction of sp³-hybridized carbons (Fsp3) is 0.533. The summed E-state index contributed by atoms with van der Waals surface area (Å²) in [5.41, 5.74) is 6.80. The molecular weight excluding hydrogens is 224 g/mol. The lowest BCUT2D eigenvalue weighted by Crippen LogP contribution is -2.26. The minimum Gasteiger partial charge on any atom is -0.324 e. The van der Waals surface area contributed by atoms with Crippen molar-refractivity contribution in [2.24, 2.45) is 11.7 Å². The molecule has 2 rings (SSSR count). The zero-order valence-corrected chi connectivity index (χ0v) is 10.8. The molecule has 0 amide bonds. The number of carbonyl (C=O) groups excluding carboxylic acids is 1. The second-order valence-corrected chi connectivity index (χ2v) is 5.06. The molecule has 0 bridgehead atoms. The van der Waals surface area contributed by atoms with Crippen LogP contribution in [0, 0.1) is 5.92 Å². The molecule has 1 fully saturated rings. The van der Waals surface area contributed by atoms with E-state index in [1.807, 2.05) is 6.07 Å². The molecule has 0 spiro atoms. The van der Waals surface area contributed by atoms with Gasteiger partial charge in [0.25, 0.3) is 0 Å². The maximum atomic E-state index is 11.6. The van der Waals surface area contributed by atoms with E-state index in [0.717, 1.165) is 38.9 Å². The Bertz CT molecular complexity index is 377. The van der Waals surface area contributed by atoms with Crippen molar-refractivity contribution in [2.45, 2.75) is 25.8 Å². The van der Waals surface area contributed by atoms with Crippen molar-refractivity contribution >= 4 is 5.78 Å². The molecule has 2 N–H and O–H groups in total. The number of nitrogens with zero attached hydrogens (tertiary/aromatic N) is 1. The third-order valence-corrected chi connectivity index (χ3v) is 3.73. The monoisotopic (exact) mass is 246 g/mol. The molecule has 1 aliphatic heterocycles. The molecule has 98 valence electrons. The number of hydrogen-bond acceptors (Lipinski definition) is 3. The van der Waals surface area contributed by atoms with E-state index in [2.05, 4.69) is 29.2 Å².